The Kier molecular flexibility index (Phi) is 6.99. The van der Waals surface area contributed by atoms with E-state index in [0.29, 0.717) is 6.54 Å². The van der Waals surface area contributed by atoms with E-state index in [-0.39, 0.29) is 5.91 Å². The predicted molar refractivity (Wildman–Crippen MR) is 115 cm³/mol. The van der Waals surface area contributed by atoms with Gasteiger partial charge < -0.3 is 10.2 Å². The maximum absolute atomic E-state index is 13.3. The second-order valence-corrected chi connectivity index (χ2v) is 7.73. The van der Waals surface area contributed by atoms with E-state index in [1.807, 2.05) is 12.3 Å². The minimum Gasteiger partial charge on any atom is -0.352 e. The first-order chi connectivity index (χ1) is 13.7. The summed E-state index contributed by atoms with van der Waals surface area (Å²) in [6.45, 7) is 9.39. The van der Waals surface area contributed by atoms with E-state index in [0.717, 1.165) is 50.9 Å². The quantitative estimate of drug-likeness (QED) is 0.705. The maximum atomic E-state index is 13.3. The molecule has 3 rings (SSSR count). The average Bonchev–Trinajstić information content (AvgIpc) is 2.73. The van der Waals surface area contributed by atoms with Crippen LogP contribution < -0.4 is 5.32 Å². The Morgan fingerprint density at radius 3 is 2.93 bits per heavy atom. The molecule has 148 valence electrons. The van der Waals surface area contributed by atoms with Gasteiger partial charge in [-0.3, -0.25) is 9.78 Å². The SMILES string of the molecule is C=CCNC(=O)[C@]1(Cc2ccccc2-c2cccnc2)CCCN(CCC)C1. The molecule has 1 aliphatic heterocycles. The number of carbonyl (C=O) groups excluding carboxylic acids is 1. The van der Waals surface area contributed by atoms with Gasteiger partial charge in [0.2, 0.25) is 5.91 Å². The van der Waals surface area contributed by atoms with Gasteiger partial charge in [-0.1, -0.05) is 43.3 Å². The van der Waals surface area contributed by atoms with Crippen molar-refractivity contribution in [3.63, 3.8) is 0 Å². The first kappa shape index (κ1) is 20.3. The molecule has 1 N–H and O–H groups in total. The number of nitrogens with one attached hydrogen (secondary N) is 1. The van der Waals surface area contributed by atoms with Crippen molar-refractivity contribution in [1.82, 2.24) is 15.2 Å². The van der Waals surface area contributed by atoms with Gasteiger partial charge in [-0.25, -0.2) is 0 Å². The second kappa shape index (κ2) is 9.65. The number of hydrogen-bond acceptors (Lipinski definition) is 3. The molecule has 1 atom stereocenters. The number of benzene rings is 1. The summed E-state index contributed by atoms with van der Waals surface area (Å²) in [5.41, 5.74) is 3.07. The summed E-state index contributed by atoms with van der Waals surface area (Å²) >= 11 is 0. The highest BCUT2D eigenvalue weighted by atomic mass is 16.2. The number of hydrogen-bond donors (Lipinski definition) is 1. The van der Waals surface area contributed by atoms with Crippen LogP contribution in [0.5, 0.6) is 0 Å². The Morgan fingerprint density at radius 2 is 2.18 bits per heavy atom. The molecule has 0 saturated carbocycles. The van der Waals surface area contributed by atoms with Crippen LogP contribution in [0.2, 0.25) is 0 Å². The zero-order valence-corrected chi connectivity index (χ0v) is 16.9. The van der Waals surface area contributed by atoms with E-state index in [1.165, 1.54) is 11.1 Å². The highest BCUT2D eigenvalue weighted by Gasteiger charge is 2.42. The van der Waals surface area contributed by atoms with Gasteiger partial charge in [0.15, 0.2) is 0 Å². The van der Waals surface area contributed by atoms with Gasteiger partial charge in [-0.05, 0) is 56.0 Å². The Hall–Kier alpha value is -2.46. The monoisotopic (exact) mass is 377 g/mol. The van der Waals surface area contributed by atoms with Crippen molar-refractivity contribution in [3.05, 3.63) is 67.0 Å². The average molecular weight is 378 g/mol. The number of likely N-dealkylation sites (tertiary alicyclic amines) is 1. The molecule has 0 spiro atoms. The molecule has 0 unspecified atom stereocenters. The van der Waals surface area contributed by atoms with Crippen LogP contribution >= 0.6 is 0 Å². The molecule has 0 bridgehead atoms. The van der Waals surface area contributed by atoms with Gasteiger partial charge in [0, 0.05) is 31.0 Å². The largest absolute Gasteiger partial charge is 0.352 e. The molecule has 1 amide bonds. The molecule has 4 heteroatoms. The Balaban J connectivity index is 1.94. The number of aromatic nitrogens is 1. The van der Waals surface area contributed by atoms with E-state index in [1.54, 1.807) is 12.3 Å². The van der Waals surface area contributed by atoms with Gasteiger partial charge in [0.25, 0.3) is 0 Å². The van der Waals surface area contributed by atoms with Crippen LogP contribution in [0.25, 0.3) is 11.1 Å². The summed E-state index contributed by atoms with van der Waals surface area (Å²) in [5.74, 6) is 0.147. The minimum absolute atomic E-state index is 0.147. The number of carbonyl (C=O) groups is 1. The fourth-order valence-electron chi connectivity index (χ4n) is 4.34. The molecule has 1 fully saturated rings. The molecule has 1 aromatic carbocycles. The zero-order valence-electron chi connectivity index (χ0n) is 16.9. The number of pyridine rings is 1. The molecule has 2 aromatic rings. The molecule has 0 aliphatic carbocycles. The lowest BCUT2D eigenvalue weighted by Crippen LogP contribution is -2.53. The van der Waals surface area contributed by atoms with Crippen LogP contribution in [0.3, 0.4) is 0 Å². The first-order valence-corrected chi connectivity index (χ1v) is 10.3. The number of piperidine rings is 1. The molecule has 1 saturated heterocycles. The van der Waals surface area contributed by atoms with E-state index in [9.17, 15) is 4.79 Å². The van der Waals surface area contributed by atoms with Crippen LogP contribution in [-0.2, 0) is 11.2 Å². The number of nitrogens with zero attached hydrogens (tertiary/aromatic N) is 2. The van der Waals surface area contributed by atoms with Crippen LogP contribution in [-0.4, -0.2) is 42.0 Å². The molecule has 28 heavy (non-hydrogen) atoms. The van der Waals surface area contributed by atoms with Crippen molar-refractivity contribution in [1.29, 1.82) is 0 Å². The summed E-state index contributed by atoms with van der Waals surface area (Å²) < 4.78 is 0. The van der Waals surface area contributed by atoms with Gasteiger partial charge >= 0.3 is 0 Å². The van der Waals surface area contributed by atoms with Gasteiger partial charge in [-0.15, -0.1) is 6.58 Å². The Bertz CT molecular complexity index is 787. The smallest absolute Gasteiger partial charge is 0.228 e. The topological polar surface area (TPSA) is 45.2 Å². The fourth-order valence-corrected chi connectivity index (χ4v) is 4.34. The van der Waals surface area contributed by atoms with Gasteiger partial charge in [0.05, 0.1) is 5.41 Å². The Morgan fingerprint density at radius 1 is 1.32 bits per heavy atom. The molecule has 0 radical (unpaired) electrons. The standard InChI is InChI=1S/C24H31N3O/c1-3-13-26-23(28)24(12-8-16-27(19-24)15-4-2)17-20-9-5-6-11-22(20)21-10-7-14-25-18-21/h3,5-7,9-11,14,18H,1,4,8,12-13,15-17,19H2,2H3,(H,26,28)/t24-/m0/s1. The lowest BCUT2D eigenvalue weighted by Gasteiger charge is -2.42. The summed E-state index contributed by atoms with van der Waals surface area (Å²) in [6.07, 6.45) is 9.25. The van der Waals surface area contributed by atoms with Crippen LogP contribution in [0.4, 0.5) is 0 Å². The van der Waals surface area contributed by atoms with E-state index >= 15 is 0 Å². The van der Waals surface area contributed by atoms with Crippen molar-refractivity contribution in [2.75, 3.05) is 26.2 Å². The normalized spacial score (nSPS) is 19.9. The fraction of sp³-hybridized carbons (Fsp3) is 0.417. The maximum Gasteiger partial charge on any atom is 0.228 e. The lowest BCUT2D eigenvalue weighted by molar-refractivity contribution is -0.134. The predicted octanol–water partition coefficient (Wildman–Crippen LogP) is 4.09. The molecular weight excluding hydrogens is 346 g/mol. The van der Waals surface area contributed by atoms with Crippen molar-refractivity contribution < 1.29 is 4.79 Å². The second-order valence-electron chi connectivity index (χ2n) is 7.73. The van der Waals surface area contributed by atoms with Crippen LogP contribution in [0.1, 0.15) is 31.7 Å². The van der Waals surface area contributed by atoms with Crippen molar-refractivity contribution in [3.8, 4) is 11.1 Å². The highest BCUT2D eigenvalue weighted by molar-refractivity contribution is 5.84. The lowest BCUT2D eigenvalue weighted by atomic mass is 9.73. The number of rotatable bonds is 8. The van der Waals surface area contributed by atoms with Gasteiger partial charge in [-0.2, -0.15) is 0 Å². The minimum atomic E-state index is -0.408. The first-order valence-electron chi connectivity index (χ1n) is 10.3. The van der Waals surface area contributed by atoms with E-state index < -0.39 is 5.41 Å². The summed E-state index contributed by atoms with van der Waals surface area (Å²) in [7, 11) is 0. The van der Waals surface area contributed by atoms with E-state index in [4.69, 9.17) is 0 Å². The van der Waals surface area contributed by atoms with Crippen molar-refractivity contribution in [2.24, 2.45) is 5.41 Å². The van der Waals surface area contributed by atoms with Crippen LogP contribution in [0.15, 0.2) is 61.4 Å². The molecule has 4 nitrogen and oxygen atoms in total. The van der Waals surface area contributed by atoms with Crippen LogP contribution in [0, 0.1) is 5.41 Å². The molecular formula is C24H31N3O. The zero-order chi connectivity index (χ0) is 19.8. The summed E-state index contributed by atoms with van der Waals surface area (Å²) in [5, 5.41) is 3.09. The molecule has 2 heterocycles. The third-order valence-corrected chi connectivity index (χ3v) is 5.60. The number of amides is 1. The third-order valence-electron chi connectivity index (χ3n) is 5.60. The van der Waals surface area contributed by atoms with E-state index in [2.05, 4.69) is 59.0 Å². The summed E-state index contributed by atoms with van der Waals surface area (Å²) in [4.78, 5) is 20.0. The van der Waals surface area contributed by atoms with Gasteiger partial charge in [0.1, 0.15) is 0 Å². The van der Waals surface area contributed by atoms with Crippen molar-refractivity contribution >= 4 is 5.91 Å². The highest BCUT2D eigenvalue weighted by Crippen LogP contribution is 2.37. The van der Waals surface area contributed by atoms with Crippen molar-refractivity contribution in [2.45, 2.75) is 32.6 Å². The molecule has 1 aliphatic rings. The summed E-state index contributed by atoms with van der Waals surface area (Å²) in [6, 6.07) is 12.5. The third kappa shape index (κ3) is 4.68. The Labute approximate surface area is 168 Å². The molecule has 1 aromatic heterocycles.